The van der Waals surface area contributed by atoms with Gasteiger partial charge >= 0.3 is 0 Å². The predicted molar refractivity (Wildman–Crippen MR) is 153 cm³/mol. The highest BCUT2D eigenvalue weighted by atomic mass is 19.1. The first-order valence-corrected chi connectivity index (χ1v) is 12.8. The highest BCUT2D eigenvalue weighted by Crippen LogP contribution is 2.30. The van der Waals surface area contributed by atoms with E-state index < -0.39 is 0 Å². The Morgan fingerprint density at radius 2 is 1.76 bits per heavy atom. The van der Waals surface area contributed by atoms with Gasteiger partial charge in [0.1, 0.15) is 5.82 Å². The number of benzene rings is 3. The highest BCUT2D eigenvalue weighted by Gasteiger charge is 2.25. The Bertz CT molecular complexity index is 1390. The fourth-order valence-corrected chi connectivity index (χ4v) is 4.34. The average molecular weight is 512 g/mol. The normalized spacial score (nSPS) is 11.3. The molecule has 3 N–H and O–H groups in total. The monoisotopic (exact) mass is 511 g/mol. The van der Waals surface area contributed by atoms with Gasteiger partial charge in [-0.1, -0.05) is 30.3 Å². The van der Waals surface area contributed by atoms with Crippen LogP contribution in [-0.4, -0.2) is 28.4 Å². The van der Waals surface area contributed by atoms with Crippen LogP contribution in [-0.2, 0) is 12.0 Å². The van der Waals surface area contributed by atoms with Crippen LogP contribution in [0.25, 0.3) is 11.3 Å². The zero-order chi connectivity index (χ0) is 27.1. The lowest BCUT2D eigenvalue weighted by Gasteiger charge is -2.23. The van der Waals surface area contributed by atoms with E-state index >= 15 is 0 Å². The van der Waals surface area contributed by atoms with Crippen molar-refractivity contribution in [1.29, 1.82) is 5.41 Å². The van der Waals surface area contributed by atoms with Crippen molar-refractivity contribution in [2.75, 3.05) is 17.2 Å². The van der Waals surface area contributed by atoms with Crippen LogP contribution in [0.1, 0.15) is 55.1 Å². The van der Waals surface area contributed by atoms with Gasteiger partial charge in [-0.3, -0.25) is 9.48 Å². The Morgan fingerprint density at radius 1 is 1.03 bits per heavy atom. The third-order valence-electron chi connectivity index (χ3n) is 6.28. The Hall–Kier alpha value is -4.26. The van der Waals surface area contributed by atoms with Crippen LogP contribution in [0.3, 0.4) is 0 Å². The quantitative estimate of drug-likeness (QED) is 0.156. The summed E-state index contributed by atoms with van der Waals surface area (Å²) < 4.78 is 15.4. The van der Waals surface area contributed by atoms with Crippen LogP contribution >= 0.6 is 0 Å². The van der Waals surface area contributed by atoms with E-state index in [-0.39, 0.29) is 17.3 Å². The third-order valence-corrected chi connectivity index (χ3v) is 6.28. The molecule has 0 unspecified atom stereocenters. The SMILES string of the molecule is CC(C)(C)n1ncc(C(=O)Nc2ccc(C=N)c(NCCCCc3ccccc3)c2)c1-c1ccc(F)cc1. The topological polar surface area (TPSA) is 82.8 Å². The molecule has 1 amide bonds. The van der Waals surface area contributed by atoms with Gasteiger partial charge in [-0.2, -0.15) is 5.10 Å². The summed E-state index contributed by atoms with van der Waals surface area (Å²) in [5.74, 6) is -0.649. The molecule has 0 aliphatic heterocycles. The predicted octanol–water partition coefficient (Wildman–Crippen LogP) is 7.13. The molecule has 0 bridgehead atoms. The van der Waals surface area contributed by atoms with E-state index in [0.29, 0.717) is 22.5 Å². The summed E-state index contributed by atoms with van der Waals surface area (Å²) in [6, 6.07) is 21.9. The molecule has 0 saturated heterocycles. The zero-order valence-corrected chi connectivity index (χ0v) is 22.1. The number of hydrogen-bond donors (Lipinski definition) is 3. The molecule has 0 atom stereocenters. The fraction of sp³-hybridized carbons (Fsp3) is 0.258. The molecule has 38 heavy (non-hydrogen) atoms. The molecular weight excluding hydrogens is 477 g/mol. The first-order chi connectivity index (χ1) is 18.3. The van der Waals surface area contributed by atoms with Crippen LogP contribution in [0.2, 0.25) is 0 Å². The molecule has 196 valence electrons. The summed E-state index contributed by atoms with van der Waals surface area (Å²) in [5.41, 5.74) is 4.83. The van der Waals surface area contributed by atoms with E-state index in [1.54, 1.807) is 29.1 Å². The summed E-state index contributed by atoms with van der Waals surface area (Å²) in [7, 11) is 0. The number of rotatable bonds is 10. The van der Waals surface area contributed by atoms with Gasteiger partial charge in [0.15, 0.2) is 0 Å². The van der Waals surface area contributed by atoms with Crippen molar-refractivity contribution in [3.05, 3.63) is 102 Å². The van der Waals surface area contributed by atoms with Gasteiger partial charge in [-0.05, 0) is 88.1 Å². The fourth-order valence-electron chi connectivity index (χ4n) is 4.34. The standard InChI is InChI=1S/C31H34FN5O/c1-31(2,3)37-29(23-12-15-25(32)16-13-23)27(21-35-37)30(38)36-26-17-14-24(20-33)28(19-26)34-18-8-7-11-22-9-5-4-6-10-22/h4-6,9-10,12-17,19-21,33-34H,7-8,11,18H2,1-3H3,(H,36,38). The maximum atomic E-state index is 13.6. The summed E-state index contributed by atoms with van der Waals surface area (Å²) in [5, 5.41) is 18.7. The molecule has 7 heteroatoms. The lowest BCUT2D eigenvalue weighted by Crippen LogP contribution is -2.24. The summed E-state index contributed by atoms with van der Waals surface area (Å²) in [6.07, 6.45) is 5.91. The number of carbonyl (C=O) groups excluding carboxylic acids is 1. The number of amides is 1. The number of hydrogen-bond acceptors (Lipinski definition) is 4. The molecule has 0 radical (unpaired) electrons. The maximum Gasteiger partial charge on any atom is 0.259 e. The second-order valence-electron chi connectivity index (χ2n) is 10.3. The van der Waals surface area contributed by atoms with Crippen molar-refractivity contribution in [3.8, 4) is 11.3 Å². The van der Waals surface area contributed by atoms with E-state index in [2.05, 4.69) is 40.0 Å². The van der Waals surface area contributed by atoms with Crippen molar-refractivity contribution in [2.24, 2.45) is 0 Å². The van der Waals surface area contributed by atoms with Crippen LogP contribution in [0.5, 0.6) is 0 Å². The molecule has 1 heterocycles. The van der Waals surface area contributed by atoms with E-state index in [0.717, 1.165) is 37.1 Å². The number of nitrogens with one attached hydrogen (secondary N) is 3. The van der Waals surface area contributed by atoms with E-state index in [1.165, 1.54) is 23.9 Å². The number of aromatic nitrogens is 2. The lowest BCUT2D eigenvalue weighted by atomic mass is 10.0. The first-order valence-electron chi connectivity index (χ1n) is 12.8. The van der Waals surface area contributed by atoms with Crippen molar-refractivity contribution in [3.63, 3.8) is 0 Å². The number of anilines is 2. The smallest absolute Gasteiger partial charge is 0.259 e. The molecule has 1 aromatic heterocycles. The van der Waals surface area contributed by atoms with Gasteiger partial charge in [-0.15, -0.1) is 0 Å². The molecule has 0 saturated carbocycles. The van der Waals surface area contributed by atoms with E-state index in [9.17, 15) is 9.18 Å². The molecular formula is C31H34FN5O. The highest BCUT2D eigenvalue weighted by molar-refractivity contribution is 6.08. The molecule has 4 aromatic rings. The van der Waals surface area contributed by atoms with Crippen LogP contribution in [0.15, 0.2) is 79.0 Å². The molecule has 0 aliphatic carbocycles. The van der Waals surface area contributed by atoms with Crippen molar-refractivity contribution >= 4 is 23.5 Å². The molecule has 0 spiro atoms. The first kappa shape index (κ1) is 26.8. The van der Waals surface area contributed by atoms with Gasteiger partial charge in [0, 0.05) is 35.3 Å². The molecule has 0 aliphatic rings. The Balaban J connectivity index is 1.48. The molecule has 6 nitrogen and oxygen atoms in total. The number of nitrogens with zero attached hydrogens (tertiary/aromatic N) is 2. The number of unbranched alkanes of at least 4 members (excludes halogenated alkanes) is 1. The number of aryl methyl sites for hydroxylation is 1. The summed E-state index contributed by atoms with van der Waals surface area (Å²) >= 11 is 0. The van der Waals surface area contributed by atoms with Crippen molar-refractivity contribution in [1.82, 2.24) is 9.78 Å². The van der Waals surface area contributed by atoms with E-state index in [1.807, 2.05) is 39.0 Å². The Kier molecular flexibility index (Phi) is 8.36. The third kappa shape index (κ3) is 6.54. The van der Waals surface area contributed by atoms with Gasteiger partial charge in [-0.25, -0.2) is 4.39 Å². The Labute approximate surface area is 223 Å². The average Bonchev–Trinajstić information content (AvgIpc) is 3.36. The minimum absolute atomic E-state index is 0.309. The second kappa shape index (κ2) is 11.9. The number of halogens is 1. The van der Waals surface area contributed by atoms with Gasteiger partial charge < -0.3 is 16.0 Å². The summed E-state index contributed by atoms with van der Waals surface area (Å²) in [6.45, 7) is 6.77. The molecule has 0 fully saturated rings. The molecule has 4 rings (SSSR count). The van der Waals surface area contributed by atoms with Crippen LogP contribution in [0.4, 0.5) is 15.8 Å². The Morgan fingerprint density at radius 3 is 2.45 bits per heavy atom. The largest absolute Gasteiger partial charge is 0.384 e. The molecule has 3 aromatic carbocycles. The minimum Gasteiger partial charge on any atom is -0.384 e. The maximum absolute atomic E-state index is 13.6. The summed E-state index contributed by atoms with van der Waals surface area (Å²) in [4.78, 5) is 13.4. The lowest BCUT2D eigenvalue weighted by molar-refractivity contribution is 0.102. The van der Waals surface area contributed by atoms with E-state index in [4.69, 9.17) is 5.41 Å². The van der Waals surface area contributed by atoms with Crippen LogP contribution < -0.4 is 10.6 Å². The second-order valence-corrected chi connectivity index (χ2v) is 10.3. The van der Waals surface area contributed by atoms with Gasteiger partial charge in [0.2, 0.25) is 0 Å². The number of carbonyl (C=O) groups is 1. The van der Waals surface area contributed by atoms with Crippen molar-refractivity contribution < 1.29 is 9.18 Å². The minimum atomic E-state index is -0.383. The van der Waals surface area contributed by atoms with Crippen molar-refractivity contribution in [2.45, 2.75) is 45.6 Å². The zero-order valence-electron chi connectivity index (χ0n) is 22.1. The van der Waals surface area contributed by atoms with Crippen LogP contribution in [0, 0.1) is 11.2 Å². The van der Waals surface area contributed by atoms with Gasteiger partial charge in [0.05, 0.1) is 23.0 Å². The van der Waals surface area contributed by atoms with Gasteiger partial charge in [0.25, 0.3) is 5.91 Å².